The van der Waals surface area contributed by atoms with Crippen LogP contribution in [0.4, 0.5) is 0 Å². The zero-order valence-corrected chi connectivity index (χ0v) is 12.2. The van der Waals surface area contributed by atoms with Crippen LogP contribution < -0.4 is 5.32 Å². The number of aromatic nitrogens is 2. The van der Waals surface area contributed by atoms with Gasteiger partial charge in [0.05, 0.1) is 17.3 Å². The van der Waals surface area contributed by atoms with Crippen LogP contribution in [0.1, 0.15) is 10.7 Å². The quantitative estimate of drug-likeness (QED) is 0.792. The summed E-state index contributed by atoms with van der Waals surface area (Å²) in [6.07, 6.45) is 0.948. The van der Waals surface area contributed by atoms with Crippen molar-refractivity contribution in [2.75, 3.05) is 26.8 Å². The van der Waals surface area contributed by atoms with Gasteiger partial charge in [0.2, 0.25) is 0 Å². The second kappa shape index (κ2) is 6.94. The molecule has 0 amide bonds. The largest absolute Gasteiger partial charge is 0.383 e. The van der Waals surface area contributed by atoms with Crippen LogP contribution in [0.3, 0.4) is 0 Å². The van der Waals surface area contributed by atoms with E-state index in [2.05, 4.69) is 26.0 Å². The fourth-order valence-corrected chi connectivity index (χ4v) is 3.00. The summed E-state index contributed by atoms with van der Waals surface area (Å²) in [6, 6.07) is 0. The zero-order chi connectivity index (χ0) is 12.8. The van der Waals surface area contributed by atoms with Crippen molar-refractivity contribution < 1.29 is 4.74 Å². The van der Waals surface area contributed by atoms with Gasteiger partial charge in [-0.1, -0.05) is 0 Å². The molecule has 2 rings (SSSR count). The summed E-state index contributed by atoms with van der Waals surface area (Å²) in [7, 11) is 1.71. The number of hydrogen-bond acceptors (Lipinski definition) is 6. The molecule has 0 spiro atoms. The highest BCUT2D eigenvalue weighted by molar-refractivity contribution is 7.14. The van der Waals surface area contributed by atoms with Gasteiger partial charge in [-0.05, 0) is 6.92 Å². The molecular weight excluding hydrogens is 266 g/mol. The Morgan fingerprint density at radius 3 is 2.83 bits per heavy atom. The van der Waals surface area contributed by atoms with Crippen LogP contribution in [-0.2, 0) is 11.2 Å². The molecule has 0 aliphatic heterocycles. The van der Waals surface area contributed by atoms with Crippen molar-refractivity contribution in [3.8, 4) is 10.7 Å². The molecule has 18 heavy (non-hydrogen) atoms. The van der Waals surface area contributed by atoms with Gasteiger partial charge in [-0.2, -0.15) is 0 Å². The van der Waals surface area contributed by atoms with Gasteiger partial charge < -0.3 is 10.1 Å². The van der Waals surface area contributed by atoms with Gasteiger partial charge in [0.1, 0.15) is 10.7 Å². The molecule has 4 nitrogen and oxygen atoms in total. The van der Waals surface area contributed by atoms with E-state index in [1.165, 1.54) is 0 Å². The van der Waals surface area contributed by atoms with Crippen molar-refractivity contribution in [2.24, 2.45) is 0 Å². The monoisotopic (exact) mass is 283 g/mol. The Kier molecular flexibility index (Phi) is 5.25. The molecule has 2 aromatic rings. The van der Waals surface area contributed by atoms with Crippen molar-refractivity contribution >= 4 is 22.7 Å². The molecule has 0 atom stereocenters. The Morgan fingerprint density at radius 2 is 2.11 bits per heavy atom. The molecule has 0 bridgehead atoms. The minimum absolute atomic E-state index is 0.750. The summed E-state index contributed by atoms with van der Waals surface area (Å²) in [4.78, 5) is 9.05. The van der Waals surface area contributed by atoms with E-state index in [-0.39, 0.29) is 0 Å². The van der Waals surface area contributed by atoms with E-state index in [1.54, 1.807) is 29.8 Å². The van der Waals surface area contributed by atoms with Crippen LogP contribution in [0, 0.1) is 6.92 Å². The van der Waals surface area contributed by atoms with Gasteiger partial charge in [0.15, 0.2) is 0 Å². The van der Waals surface area contributed by atoms with Gasteiger partial charge in [-0.3, -0.25) is 0 Å². The van der Waals surface area contributed by atoms with Crippen LogP contribution in [-0.4, -0.2) is 36.8 Å². The lowest BCUT2D eigenvalue weighted by Gasteiger charge is -2.01. The van der Waals surface area contributed by atoms with Crippen molar-refractivity contribution in [3.63, 3.8) is 0 Å². The minimum atomic E-state index is 0.750. The molecule has 98 valence electrons. The maximum atomic E-state index is 4.98. The number of aryl methyl sites for hydroxylation is 1. The summed E-state index contributed by atoms with van der Waals surface area (Å²) < 4.78 is 4.98. The molecule has 0 aliphatic carbocycles. The maximum absolute atomic E-state index is 4.98. The summed E-state index contributed by atoms with van der Waals surface area (Å²) in [5.74, 6) is 0. The first-order valence-electron chi connectivity index (χ1n) is 5.86. The Balaban J connectivity index is 1.83. The van der Waals surface area contributed by atoms with E-state index in [1.807, 2.05) is 6.92 Å². The van der Waals surface area contributed by atoms with Gasteiger partial charge in [0.25, 0.3) is 0 Å². The van der Waals surface area contributed by atoms with Crippen molar-refractivity contribution in [1.82, 2.24) is 15.3 Å². The number of rotatable bonds is 7. The highest BCUT2D eigenvalue weighted by Gasteiger charge is 2.07. The summed E-state index contributed by atoms with van der Waals surface area (Å²) >= 11 is 3.33. The predicted octanol–water partition coefficient (Wildman–Crippen LogP) is 2.35. The smallest absolute Gasteiger partial charge is 0.142 e. The van der Waals surface area contributed by atoms with Crippen LogP contribution in [0.15, 0.2) is 10.8 Å². The molecular formula is C12H17N3OS2. The van der Waals surface area contributed by atoms with Crippen molar-refractivity contribution in [3.05, 3.63) is 21.5 Å². The predicted molar refractivity (Wildman–Crippen MR) is 76.4 cm³/mol. The normalized spacial score (nSPS) is 11.0. The highest BCUT2D eigenvalue weighted by Crippen LogP contribution is 2.24. The summed E-state index contributed by atoms with van der Waals surface area (Å²) in [5.41, 5.74) is 2.13. The van der Waals surface area contributed by atoms with Gasteiger partial charge >= 0.3 is 0 Å². The van der Waals surface area contributed by atoms with E-state index < -0.39 is 0 Å². The second-order valence-corrected chi connectivity index (χ2v) is 5.81. The molecule has 0 unspecified atom stereocenters. The molecule has 0 saturated heterocycles. The lowest BCUT2D eigenvalue weighted by Crippen LogP contribution is -2.21. The summed E-state index contributed by atoms with van der Waals surface area (Å²) in [5, 5.41) is 9.60. The van der Waals surface area contributed by atoms with E-state index >= 15 is 0 Å². The number of ether oxygens (including phenoxy) is 1. The molecule has 0 radical (unpaired) electrons. The Morgan fingerprint density at radius 1 is 1.22 bits per heavy atom. The number of nitrogens with zero attached hydrogens (tertiary/aromatic N) is 2. The highest BCUT2D eigenvalue weighted by atomic mass is 32.1. The van der Waals surface area contributed by atoms with Crippen LogP contribution >= 0.6 is 22.7 Å². The topological polar surface area (TPSA) is 47.0 Å². The third-order valence-electron chi connectivity index (χ3n) is 2.43. The second-order valence-electron chi connectivity index (χ2n) is 3.89. The molecule has 0 fully saturated rings. The van der Waals surface area contributed by atoms with Gasteiger partial charge in [-0.15, -0.1) is 22.7 Å². The van der Waals surface area contributed by atoms with E-state index in [4.69, 9.17) is 4.74 Å². The van der Waals surface area contributed by atoms with Gasteiger partial charge in [0, 0.05) is 37.4 Å². The Hall–Kier alpha value is -0.820. The fourth-order valence-electron chi connectivity index (χ4n) is 1.52. The van der Waals surface area contributed by atoms with Gasteiger partial charge in [-0.25, -0.2) is 9.97 Å². The molecule has 0 aliphatic rings. The first kappa shape index (κ1) is 13.6. The van der Waals surface area contributed by atoms with Crippen LogP contribution in [0.2, 0.25) is 0 Å². The fraction of sp³-hybridized carbons (Fsp3) is 0.500. The lowest BCUT2D eigenvalue weighted by atomic mass is 10.3. The Bertz CT molecular complexity index is 481. The molecule has 0 aromatic carbocycles. The average Bonchev–Trinajstić information content (AvgIpc) is 2.97. The first-order chi connectivity index (χ1) is 8.79. The molecule has 2 aromatic heterocycles. The third-order valence-corrected chi connectivity index (χ3v) is 4.12. The average molecular weight is 283 g/mol. The number of thiazole rings is 2. The zero-order valence-electron chi connectivity index (χ0n) is 10.6. The summed E-state index contributed by atoms with van der Waals surface area (Å²) in [6.45, 7) is 4.59. The number of nitrogens with one attached hydrogen (secondary N) is 1. The Labute approximate surface area is 115 Å². The molecule has 1 N–H and O–H groups in total. The van der Waals surface area contributed by atoms with E-state index in [0.717, 1.165) is 47.5 Å². The number of methoxy groups -OCH3 is 1. The third kappa shape index (κ3) is 3.84. The molecule has 0 saturated carbocycles. The maximum Gasteiger partial charge on any atom is 0.142 e. The van der Waals surface area contributed by atoms with E-state index in [0.29, 0.717) is 0 Å². The van der Waals surface area contributed by atoms with Crippen LogP contribution in [0.5, 0.6) is 0 Å². The minimum Gasteiger partial charge on any atom is -0.383 e. The van der Waals surface area contributed by atoms with Crippen LogP contribution in [0.25, 0.3) is 10.7 Å². The number of hydrogen-bond donors (Lipinski definition) is 1. The van der Waals surface area contributed by atoms with E-state index in [9.17, 15) is 0 Å². The van der Waals surface area contributed by atoms with Crippen molar-refractivity contribution in [1.29, 1.82) is 0 Å². The SMILES string of the molecule is COCCNCCc1csc(-c2csc(C)n2)n1. The standard InChI is InChI=1S/C12H17N3OS2/c1-9-14-11(8-17-9)12-15-10(7-18-12)3-4-13-5-6-16-2/h7-8,13H,3-6H2,1-2H3. The van der Waals surface area contributed by atoms with Crippen molar-refractivity contribution in [2.45, 2.75) is 13.3 Å². The lowest BCUT2D eigenvalue weighted by molar-refractivity contribution is 0.199. The first-order valence-corrected chi connectivity index (χ1v) is 7.62. The molecule has 6 heteroatoms. The molecule has 2 heterocycles.